The third kappa shape index (κ3) is 2.01. The molecule has 3 aromatic rings. The summed E-state index contributed by atoms with van der Waals surface area (Å²) in [6.07, 6.45) is 5.64. The van der Waals surface area contributed by atoms with Crippen molar-refractivity contribution in [1.29, 1.82) is 0 Å². The molecule has 2 aromatic carbocycles. The smallest absolute Gasteiger partial charge is 0.0907 e. The lowest BCUT2D eigenvalue weighted by Gasteiger charge is -2.13. The topological polar surface area (TPSA) is 37.8 Å². The van der Waals surface area contributed by atoms with Gasteiger partial charge in [-0.15, -0.1) is 0 Å². The summed E-state index contributed by atoms with van der Waals surface area (Å²) in [4.78, 5) is 8.65. The van der Waals surface area contributed by atoms with Crippen LogP contribution in [0.3, 0.4) is 0 Å². The van der Waals surface area contributed by atoms with E-state index in [1.165, 1.54) is 11.1 Å². The van der Waals surface area contributed by atoms with Gasteiger partial charge in [-0.1, -0.05) is 24.3 Å². The molecule has 0 saturated carbocycles. The fourth-order valence-corrected chi connectivity index (χ4v) is 2.95. The summed E-state index contributed by atoms with van der Waals surface area (Å²) in [6.45, 7) is 0. The van der Waals surface area contributed by atoms with Crippen LogP contribution in [0.5, 0.6) is 0 Å². The molecule has 0 spiro atoms. The highest BCUT2D eigenvalue weighted by atomic mass is 14.9. The molecule has 0 fully saturated rings. The lowest BCUT2D eigenvalue weighted by atomic mass is 10.1. The minimum Gasteiger partial charge on any atom is -0.382 e. The van der Waals surface area contributed by atoms with Gasteiger partial charge in [0.2, 0.25) is 0 Å². The number of nitrogens with one attached hydrogen (secondary N) is 1. The molecule has 1 aliphatic rings. The maximum Gasteiger partial charge on any atom is 0.0907 e. The van der Waals surface area contributed by atoms with Crippen LogP contribution in [0.1, 0.15) is 11.1 Å². The van der Waals surface area contributed by atoms with Gasteiger partial charge < -0.3 is 5.32 Å². The maximum absolute atomic E-state index is 4.35. The molecule has 3 heteroatoms. The van der Waals surface area contributed by atoms with E-state index in [1.807, 2.05) is 6.07 Å². The monoisotopic (exact) mass is 261 g/mol. The minimum absolute atomic E-state index is 0.474. The van der Waals surface area contributed by atoms with Gasteiger partial charge >= 0.3 is 0 Å². The first-order valence-corrected chi connectivity index (χ1v) is 6.92. The van der Waals surface area contributed by atoms with E-state index in [4.69, 9.17) is 0 Å². The molecule has 0 radical (unpaired) electrons. The number of aromatic nitrogens is 2. The van der Waals surface area contributed by atoms with Crippen LogP contribution in [0.2, 0.25) is 0 Å². The highest BCUT2D eigenvalue weighted by molar-refractivity contribution is 5.78. The van der Waals surface area contributed by atoms with Crippen LogP contribution in [-0.2, 0) is 12.8 Å². The van der Waals surface area contributed by atoms with Crippen molar-refractivity contribution < 1.29 is 0 Å². The summed E-state index contributed by atoms with van der Waals surface area (Å²) in [5.41, 5.74) is 5.92. The van der Waals surface area contributed by atoms with Gasteiger partial charge in [0.25, 0.3) is 0 Å². The van der Waals surface area contributed by atoms with Crippen molar-refractivity contribution in [1.82, 2.24) is 9.97 Å². The number of nitrogens with zero attached hydrogens (tertiary/aromatic N) is 2. The summed E-state index contributed by atoms with van der Waals surface area (Å²) >= 11 is 0. The molecule has 1 aliphatic carbocycles. The first kappa shape index (κ1) is 11.4. The summed E-state index contributed by atoms with van der Waals surface area (Å²) < 4.78 is 0. The van der Waals surface area contributed by atoms with Gasteiger partial charge in [-0.25, -0.2) is 0 Å². The largest absolute Gasteiger partial charge is 0.382 e. The Morgan fingerprint density at radius 1 is 0.850 bits per heavy atom. The van der Waals surface area contributed by atoms with Crippen molar-refractivity contribution in [3.63, 3.8) is 0 Å². The van der Waals surface area contributed by atoms with E-state index in [0.29, 0.717) is 6.04 Å². The van der Waals surface area contributed by atoms with Crippen molar-refractivity contribution in [3.8, 4) is 0 Å². The third-order valence-electron chi connectivity index (χ3n) is 3.89. The number of fused-ring (bicyclic) bond motifs is 2. The second-order valence-corrected chi connectivity index (χ2v) is 5.28. The summed E-state index contributed by atoms with van der Waals surface area (Å²) in [5.74, 6) is 0. The molecule has 0 saturated heterocycles. The molecule has 3 nitrogen and oxygen atoms in total. The Morgan fingerprint density at radius 3 is 2.30 bits per heavy atom. The molecule has 1 N–H and O–H groups in total. The number of hydrogen-bond acceptors (Lipinski definition) is 3. The second kappa shape index (κ2) is 4.60. The molecule has 0 bridgehead atoms. The lowest BCUT2D eigenvalue weighted by molar-refractivity contribution is 0.774. The van der Waals surface area contributed by atoms with E-state index in [2.05, 4.69) is 51.7 Å². The Labute approximate surface area is 117 Å². The molecule has 0 amide bonds. The predicted octanol–water partition coefficient (Wildman–Crippen LogP) is 3.21. The van der Waals surface area contributed by atoms with Gasteiger partial charge in [-0.05, 0) is 42.2 Å². The maximum atomic E-state index is 4.35. The normalized spacial score (nSPS) is 14.4. The number of rotatable bonds is 2. The first-order chi connectivity index (χ1) is 9.88. The zero-order valence-corrected chi connectivity index (χ0v) is 11.1. The molecule has 98 valence electrons. The average molecular weight is 261 g/mol. The minimum atomic E-state index is 0.474. The summed E-state index contributed by atoms with van der Waals surface area (Å²) in [6, 6.07) is 15.3. The van der Waals surface area contributed by atoms with Gasteiger partial charge in [0.15, 0.2) is 0 Å². The zero-order valence-electron chi connectivity index (χ0n) is 11.1. The Kier molecular flexibility index (Phi) is 2.62. The average Bonchev–Trinajstić information content (AvgIpc) is 2.89. The van der Waals surface area contributed by atoms with E-state index in [-0.39, 0.29) is 0 Å². The third-order valence-corrected chi connectivity index (χ3v) is 3.89. The van der Waals surface area contributed by atoms with Gasteiger partial charge in [-0.3, -0.25) is 9.97 Å². The second-order valence-electron chi connectivity index (χ2n) is 5.28. The predicted molar refractivity (Wildman–Crippen MR) is 80.8 cm³/mol. The van der Waals surface area contributed by atoms with Gasteiger partial charge in [-0.2, -0.15) is 0 Å². The van der Waals surface area contributed by atoms with E-state index < -0.39 is 0 Å². The Morgan fingerprint density at radius 2 is 1.55 bits per heavy atom. The highest BCUT2D eigenvalue weighted by Crippen LogP contribution is 2.25. The van der Waals surface area contributed by atoms with Gasteiger partial charge in [0.05, 0.1) is 11.0 Å². The summed E-state index contributed by atoms with van der Waals surface area (Å²) in [5, 5.41) is 3.61. The lowest BCUT2D eigenvalue weighted by Crippen LogP contribution is -2.19. The molecule has 0 unspecified atom stereocenters. The van der Waals surface area contributed by atoms with Crippen molar-refractivity contribution in [2.45, 2.75) is 18.9 Å². The number of benzene rings is 2. The number of hydrogen-bond donors (Lipinski definition) is 1. The van der Waals surface area contributed by atoms with Crippen LogP contribution in [0.25, 0.3) is 11.0 Å². The van der Waals surface area contributed by atoms with E-state index >= 15 is 0 Å². The highest BCUT2D eigenvalue weighted by Gasteiger charge is 2.20. The van der Waals surface area contributed by atoms with Crippen molar-refractivity contribution in [3.05, 3.63) is 66.0 Å². The van der Waals surface area contributed by atoms with E-state index in [9.17, 15) is 0 Å². The van der Waals surface area contributed by atoms with E-state index in [1.54, 1.807) is 12.4 Å². The standard InChI is InChI=1S/C17H15N3/c1-2-4-13-10-15(9-12(13)3-1)20-14-5-6-16-17(11-14)19-8-7-18-16/h1-8,11,15,20H,9-10H2. The van der Waals surface area contributed by atoms with Crippen molar-refractivity contribution >= 4 is 16.7 Å². The molecule has 1 aromatic heterocycles. The first-order valence-electron chi connectivity index (χ1n) is 6.92. The zero-order chi connectivity index (χ0) is 13.4. The van der Waals surface area contributed by atoms with Crippen LogP contribution in [0.15, 0.2) is 54.9 Å². The SMILES string of the molecule is c1ccc2c(c1)CC(Nc1ccc3nccnc3c1)C2. The molecule has 1 heterocycles. The number of anilines is 1. The van der Waals surface area contributed by atoms with Gasteiger partial charge in [0.1, 0.15) is 0 Å². The van der Waals surface area contributed by atoms with Crippen molar-refractivity contribution in [2.75, 3.05) is 5.32 Å². The van der Waals surface area contributed by atoms with Crippen LogP contribution < -0.4 is 5.32 Å². The fraction of sp³-hybridized carbons (Fsp3) is 0.176. The molecular formula is C17H15N3. The molecule has 4 rings (SSSR count). The molecule has 20 heavy (non-hydrogen) atoms. The van der Waals surface area contributed by atoms with Crippen LogP contribution >= 0.6 is 0 Å². The van der Waals surface area contributed by atoms with Gasteiger partial charge in [0, 0.05) is 24.1 Å². The molecular weight excluding hydrogens is 246 g/mol. The Balaban J connectivity index is 1.57. The Bertz CT molecular complexity index is 742. The van der Waals surface area contributed by atoms with Crippen molar-refractivity contribution in [2.24, 2.45) is 0 Å². The molecule has 0 atom stereocenters. The Hall–Kier alpha value is -2.42. The quantitative estimate of drug-likeness (QED) is 0.769. The van der Waals surface area contributed by atoms with Crippen LogP contribution in [0.4, 0.5) is 5.69 Å². The van der Waals surface area contributed by atoms with Crippen LogP contribution in [0, 0.1) is 0 Å². The summed E-state index contributed by atoms with van der Waals surface area (Å²) in [7, 11) is 0. The van der Waals surface area contributed by atoms with E-state index in [0.717, 1.165) is 29.6 Å². The van der Waals surface area contributed by atoms with Crippen LogP contribution in [-0.4, -0.2) is 16.0 Å². The fourth-order valence-electron chi connectivity index (χ4n) is 2.95. The molecule has 0 aliphatic heterocycles.